The number of carbonyl (C=O) groups excluding carboxylic acids is 4. The van der Waals surface area contributed by atoms with Crippen molar-refractivity contribution in [1.29, 1.82) is 0 Å². The van der Waals surface area contributed by atoms with E-state index in [4.69, 9.17) is 10.2 Å². The van der Waals surface area contributed by atoms with Gasteiger partial charge in [-0.15, -0.1) is 11.8 Å². The monoisotopic (exact) mass is 446 g/mol. The van der Waals surface area contributed by atoms with Gasteiger partial charge in [-0.2, -0.15) is 0 Å². The van der Waals surface area contributed by atoms with Crippen molar-refractivity contribution in [2.24, 2.45) is 10.9 Å². The van der Waals surface area contributed by atoms with Crippen molar-refractivity contribution in [2.75, 3.05) is 24.4 Å². The average molecular weight is 446 g/mol. The number of anilines is 1. The number of hydrogen-bond acceptors (Lipinski definition) is 10. The van der Waals surface area contributed by atoms with Gasteiger partial charge in [-0.1, -0.05) is 5.16 Å². The van der Waals surface area contributed by atoms with E-state index in [0.29, 0.717) is 0 Å². The summed E-state index contributed by atoms with van der Waals surface area (Å²) in [4.78, 5) is 54.4. The molecule has 0 bridgehead atoms. The molecule has 3 heterocycles. The maximum atomic E-state index is 12.9. The molecule has 12 nitrogen and oxygen atoms in total. The zero-order valence-corrected chi connectivity index (χ0v) is 18.8. The number of amides is 3. The van der Waals surface area contributed by atoms with Crippen molar-refractivity contribution >= 4 is 47.7 Å². The van der Waals surface area contributed by atoms with Crippen LogP contribution in [0.5, 0.6) is 0 Å². The molecule has 0 aliphatic carbocycles. The number of carbonyl (C=O) groups is 4. The molecule has 1 saturated heterocycles. The van der Waals surface area contributed by atoms with Crippen LogP contribution in [-0.2, 0) is 24.0 Å². The molecule has 154 valence electrons. The molecule has 0 aromatic carbocycles. The topological polar surface area (TPSA) is 168 Å². The summed E-state index contributed by atoms with van der Waals surface area (Å²) in [7, 11) is 1.25. The van der Waals surface area contributed by atoms with Crippen LogP contribution in [0.3, 0.4) is 0 Å². The molecular weight excluding hydrogens is 431 g/mol. The Morgan fingerprint density at radius 3 is 2.80 bits per heavy atom. The first-order valence-corrected chi connectivity index (χ1v) is 9.15. The maximum absolute atomic E-state index is 12.9. The second-order valence-corrected chi connectivity index (χ2v) is 6.88. The van der Waals surface area contributed by atoms with Crippen LogP contribution in [0.15, 0.2) is 39.2 Å². The van der Waals surface area contributed by atoms with Crippen molar-refractivity contribution in [1.82, 2.24) is 4.90 Å². The van der Waals surface area contributed by atoms with Gasteiger partial charge in [0.15, 0.2) is 0 Å². The summed E-state index contributed by atoms with van der Waals surface area (Å²) in [6.07, 6.45) is 1.11. The smallest absolute Gasteiger partial charge is 0.543 e. The Morgan fingerprint density at radius 2 is 2.23 bits per heavy atom. The molecule has 2 N–H and O–H groups in total. The summed E-state index contributed by atoms with van der Waals surface area (Å²) >= 11 is 1.19. The van der Waals surface area contributed by atoms with Gasteiger partial charge >= 0.3 is 35.7 Å². The average Bonchev–Trinajstić information content (AvgIpc) is 3.21. The van der Waals surface area contributed by atoms with E-state index in [-0.39, 0.29) is 46.8 Å². The van der Waals surface area contributed by atoms with Gasteiger partial charge in [0.25, 0.3) is 11.8 Å². The molecule has 3 rings (SSSR count). The second-order valence-electron chi connectivity index (χ2n) is 5.78. The van der Waals surface area contributed by atoms with Crippen molar-refractivity contribution in [3.63, 3.8) is 0 Å². The summed E-state index contributed by atoms with van der Waals surface area (Å²) in [5.41, 5.74) is 4.66. The SMILES string of the molecule is CON=CC(=O)N(c1ccco1)[C@@H]1C(=O)N2C(C(=O)[O-])=C(COC(N)=O)CS[C@H]12.[Na+]. The molecule has 2 aliphatic heterocycles. The van der Waals surface area contributed by atoms with E-state index >= 15 is 0 Å². The number of thioether (sulfide) groups is 1. The maximum Gasteiger partial charge on any atom is 1.00 e. The Hall–Kier alpha value is -2.48. The third-order valence-corrected chi connectivity index (χ3v) is 5.45. The van der Waals surface area contributed by atoms with E-state index in [1.165, 1.54) is 37.3 Å². The largest absolute Gasteiger partial charge is 1.00 e. The predicted molar refractivity (Wildman–Crippen MR) is 96.1 cm³/mol. The van der Waals surface area contributed by atoms with Crippen LogP contribution < -0.4 is 45.3 Å². The number of furan rings is 1. The van der Waals surface area contributed by atoms with Crippen LogP contribution in [0.25, 0.3) is 0 Å². The number of fused-ring (bicyclic) bond motifs is 1. The molecule has 1 aromatic heterocycles. The number of oxime groups is 1. The molecule has 14 heteroatoms. The normalized spacial score (nSPS) is 20.2. The predicted octanol–water partition coefficient (Wildman–Crippen LogP) is -4.37. The summed E-state index contributed by atoms with van der Waals surface area (Å²) < 4.78 is 9.90. The minimum atomic E-state index is -1.61. The molecule has 1 aromatic rings. The quantitative estimate of drug-likeness (QED) is 0.188. The summed E-state index contributed by atoms with van der Waals surface area (Å²) in [6.45, 7) is -0.395. The van der Waals surface area contributed by atoms with Crippen molar-refractivity contribution in [3.05, 3.63) is 29.7 Å². The van der Waals surface area contributed by atoms with E-state index in [1.807, 2.05) is 0 Å². The number of rotatable bonds is 7. The number of β-lactam (4-membered cyclic amide) rings is 1. The van der Waals surface area contributed by atoms with E-state index < -0.39 is 47.6 Å². The number of carboxylic acids is 1. The fourth-order valence-corrected chi connectivity index (χ4v) is 4.35. The summed E-state index contributed by atoms with van der Waals surface area (Å²) in [5, 5.41) is 14.3. The fraction of sp³-hybridized carbons (Fsp3) is 0.312. The number of aliphatic carboxylic acids is 1. The molecular formula is C16H15N4NaO8S. The number of ether oxygens (including phenoxy) is 1. The number of nitrogens with two attached hydrogens (primary N) is 1. The third kappa shape index (κ3) is 4.48. The van der Waals surface area contributed by atoms with Gasteiger partial charge in [0.1, 0.15) is 31.3 Å². The molecule has 0 spiro atoms. The van der Waals surface area contributed by atoms with Crippen molar-refractivity contribution < 1.29 is 67.8 Å². The van der Waals surface area contributed by atoms with E-state index in [0.717, 1.165) is 16.0 Å². The molecule has 2 atom stereocenters. The zero-order chi connectivity index (χ0) is 21.1. The molecule has 0 saturated carbocycles. The Bertz CT molecular complexity index is 903. The number of nitrogens with zero attached hydrogens (tertiary/aromatic N) is 3. The molecule has 30 heavy (non-hydrogen) atoms. The first-order valence-electron chi connectivity index (χ1n) is 8.10. The second kappa shape index (κ2) is 10.0. The van der Waals surface area contributed by atoms with Crippen molar-refractivity contribution in [2.45, 2.75) is 11.4 Å². The van der Waals surface area contributed by atoms with Gasteiger partial charge in [0.05, 0.1) is 17.9 Å². The third-order valence-electron chi connectivity index (χ3n) is 4.13. The Morgan fingerprint density at radius 1 is 1.50 bits per heavy atom. The van der Waals surface area contributed by atoms with E-state index in [1.54, 1.807) is 0 Å². The Kier molecular flexibility index (Phi) is 7.95. The fourth-order valence-electron chi connectivity index (χ4n) is 2.98. The number of carboxylic acid groups (broad SMARTS) is 1. The Balaban J connectivity index is 0.00000320. The van der Waals surface area contributed by atoms with E-state index in [2.05, 4.69) is 14.7 Å². The first kappa shape index (κ1) is 23.8. The molecule has 0 radical (unpaired) electrons. The minimum absolute atomic E-state index is 0. The zero-order valence-electron chi connectivity index (χ0n) is 16.0. The first-order chi connectivity index (χ1) is 13.9. The van der Waals surface area contributed by atoms with Gasteiger partial charge in [-0.05, 0) is 6.07 Å². The van der Waals surface area contributed by atoms with Crippen LogP contribution in [0.1, 0.15) is 0 Å². The summed E-state index contributed by atoms with van der Waals surface area (Å²) in [5.74, 6) is -2.77. The van der Waals surface area contributed by atoms with Crippen LogP contribution in [-0.4, -0.2) is 65.9 Å². The Labute approximate surface area is 196 Å². The van der Waals surface area contributed by atoms with Gasteiger partial charge in [0, 0.05) is 17.4 Å². The van der Waals surface area contributed by atoms with Crippen LogP contribution in [0.2, 0.25) is 0 Å². The number of hydrogen-bond donors (Lipinski definition) is 1. The van der Waals surface area contributed by atoms with Crippen LogP contribution in [0.4, 0.5) is 10.7 Å². The summed E-state index contributed by atoms with van der Waals surface area (Å²) in [6, 6.07) is 1.96. The number of primary amides is 1. The van der Waals surface area contributed by atoms with Crippen LogP contribution in [0, 0.1) is 0 Å². The van der Waals surface area contributed by atoms with Gasteiger partial charge < -0.3 is 29.6 Å². The molecule has 3 amide bonds. The molecule has 2 aliphatic rings. The van der Waals surface area contributed by atoms with Crippen molar-refractivity contribution in [3.8, 4) is 0 Å². The van der Waals surface area contributed by atoms with Gasteiger partial charge in [-0.25, -0.2) is 4.79 Å². The van der Waals surface area contributed by atoms with Crippen LogP contribution >= 0.6 is 11.8 Å². The van der Waals surface area contributed by atoms with Gasteiger partial charge in [-0.3, -0.25) is 19.4 Å². The van der Waals surface area contributed by atoms with Gasteiger partial charge in [0.2, 0.25) is 5.88 Å². The molecule has 0 unspecified atom stereocenters. The molecule has 1 fully saturated rings. The van der Waals surface area contributed by atoms with E-state index in [9.17, 15) is 24.3 Å². The standard InChI is InChI=1S/C16H16N4O8S.Na/c1-26-18-5-9(21)19(10-3-2-4-27-10)12-13(22)20-11(15(23)24)8(6-28-16(17)25)7-29-14(12)20;/h2-5,12,14H,6-7H2,1H3,(H2,17,25)(H,23,24);/q;+1/p-1/t12-,14-;/m1./s1. The minimum Gasteiger partial charge on any atom is -0.543 e.